The molecule has 0 aliphatic rings. The normalized spacial score (nSPS) is 14.1. The molecule has 8 nitrogen and oxygen atoms in total. The molecule has 1 aromatic rings. The third kappa shape index (κ3) is 6.72. The molecule has 0 saturated heterocycles. The number of amides is 3. The van der Waals surface area contributed by atoms with Crippen LogP contribution in [0.25, 0.3) is 0 Å². The van der Waals surface area contributed by atoms with Crippen LogP contribution in [0.15, 0.2) is 30.3 Å². The van der Waals surface area contributed by atoms with Gasteiger partial charge in [-0.25, -0.2) is 0 Å². The van der Waals surface area contributed by atoms with E-state index in [0.717, 1.165) is 5.69 Å². The summed E-state index contributed by atoms with van der Waals surface area (Å²) in [5.41, 5.74) is 11.7. The van der Waals surface area contributed by atoms with E-state index in [4.69, 9.17) is 5.73 Å². The van der Waals surface area contributed by atoms with Crippen LogP contribution in [0.3, 0.4) is 0 Å². The van der Waals surface area contributed by atoms with Crippen LogP contribution >= 0.6 is 0 Å². The third-order valence-electron chi connectivity index (χ3n) is 3.88. The van der Waals surface area contributed by atoms with Crippen LogP contribution in [0, 0.1) is 5.92 Å². The van der Waals surface area contributed by atoms with Crippen molar-refractivity contribution >= 4 is 23.4 Å². The number of nitrogens with one attached hydrogen (secondary N) is 4. The molecule has 0 aromatic heterocycles. The van der Waals surface area contributed by atoms with Crippen molar-refractivity contribution in [2.24, 2.45) is 11.7 Å². The summed E-state index contributed by atoms with van der Waals surface area (Å²) in [6.45, 7) is 6.98. The van der Waals surface area contributed by atoms with E-state index in [0.29, 0.717) is 6.42 Å². The largest absolute Gasteiger partial charge is 0.343 e. The first kappa shape index (κ1) is 21.4. The van der Waals surface area contributed by atoms with Gasteiger partial charge in [0.15, 0.2) is 0 Å². The van der Waals surface area contributed by atoms with E-state index in [1.165, 1.54) is 0 Å². The molecule has 1 aromatic carbocycles. The highest BCUT2D eigenvalue weighted by Crippen LogP contribution is 2.05. The number of para-hydroxylation sites is 1. The zero-order valence-electron chi connectivity index (χ0n) is 15.7. The maximum Gasteiger partial charge on any atom is 0.260 e. The van der Waals surface area contributed by atoms with E-state index in [2.05, 4.69) is 21.5 Å². The maximum absolute atomic E-state index is 12.5. The summed E-state index contributed by atoms with van der Waals surface area (Å²) in [5.74, 6) is -1.37. The lowest BCUT2D eigenvalue weighted by Crippen LogP contribution is -2.57. The van der Waals surface area contributed by atoms with E-state index < -0.39 is 29.9 Å². The van der Waals surface area contributed by atoms with Crippen molar-refractivity contribution in [3.05, 3.63) is 30.3 Å². The number of hydrogen-bond acceptors (Lipinski definition) is 5. The van der Waals surface area contributed by atoms with Crippen molar-refractivity contribution in [2.45, 2.75) is 52.2 Å². The summed E-state index contributed by atoms with van der Waals surface area (Å²) in [6, 6.07) is 6.90. The molecule has 0 bridgehead atoms. The second-order valence-electron chi connectivity index (χ2n) is 6.46. The fourth-order valence-corrected chi connectivity index (χ4v) is 2.11. The Balaban J connectivity index is 2.58. The Hall–Kier alpha value is -2.61. The van der Waals surface area contributed by atoms with Crippen molar-refractivity contribution in [1.82, 2.24) is 16.1 Å². The van der Waals surface area contributed by atoms with Gasteiger partial charge in [0.2, 0.25) is 11.8 Å². The number of hydrogen-bond donors (Lipinski definition) is 5. The number of carbonyl (C=O) groups excluding carboxylic acids is 3. The molecule has 3 atom stereocenters. The number of anilines is 1. The van der Waals surface area contributed by atoms with Gasteiger partial charge in [-0.2, -0.15) is 0 Å². The zero-order valence-corrected chi connectivity index (χ0v) is 15.7. The first-order chi connectivity index (χ1) is 12.3. The predicted octanol–water partition coefficient (Wildman–Crippen LogP) is 0.513. The van der Waals surface area contributed by atoms with Gasteiger partial charge >= 0.3 is 0 Å². The summed E-state index contributed by atoms with van der Waals surface area (Å²) in [6.07, 6.45) is 0.474. The SMILES string of the molecule is CC[C@H](N)C(=O)N[C@H](C(=O)N[C@@H](C)C(=O)NNc1ccccc1)C(C)C. The lowest BCUT2D eigenvalue weighted by atomic mass is 10.0. The fraction of sp³-hybridized carbons (Fsp3) is 0.500. The molecule has 3 amide bonds. The molecule has 0 unspecified atom stereocenters. The van der Waals surface area contributed by atoms with Crippen molar-refractivity contribution < 1.29 is 14.4 Å². The van der Waals surface area contributed by atoms with Crippen LogP contribution in [0.5, 0.6) is 0 Å². The minimum absolute atomic E-state index is 0.152. The molecule has 26 heavy (non-hydrogen) atoms. The van der Waals surface area contributed by atoms with Gasteiger partial charge < -0.3 is 16.4 Å². The molecular weight excluding hydrogens is 334 g/mol. The average Bonchev–Trinajstić information content (AvgIpc) is 2.63. The molecule has 0 radical (unpaired) electrons. The lowest BCUT2D eigenvalue weighted by Gasteiger charge is -2.25. The first-order valence-corrected chi connectivity index (χ1v) is 8.73. The predicted molar refractivity (Wildman–Crippen MR) is 101 cm³/mol. The number of benzene rings is 1. The lowest BCUT2D eigenvalue weighted by molar-refractivity contribution is -0.133. The molecule has 8 heteroatoms. The smallest absolute Gasteiger partial charge is 0.260 e. The van der Waals surface area contributed by atoms with Crippen LogP contribution in [0.4, 0.5) is 5.69 Å². The highest BCUT2D eigenvalue weighted by atomic mass is 16.2. The Morgan fingerprint density at radius 3 is 2.12 bits per heavy atom. The molecule has 0 saturated carbocycles. The Bertz CT molecular complexity index is 606. The summed E-state index contributed by atoms with van der Waals surface area (Å²) in [5, 5.41) is 5.26. The Labute approximate surface area is 154 Å². The van der Waals surface area contributed by atoms with Crippen LogP contribution in [0.1, 0.15) is 34.1 Å². The molecule has 0 heterocycles. The molecular formula is C18H29N5O3. The highest BCUT2D eigenvalue weighted by molar-refractivity contribution is 5.93. The molecule has 6 N–H and O–H groups in total. The molecule has 0 spiro atoms. The summed E-state index contributed by atoms with van der Waals surface area (Å²) < 4.78 is 0. The quantitative estimate of drug-likeness (QED) is 0.409. The van der Waals surface area contributed by atoms with Crippen molar-refractivity contribution in [3.8, 4) is 0 Å². The third-order valence-corrected chi connectivity index (χ3v) is 3.88. The minimum Gasteiger partial charge on any atom is -0.343 e. The van der Waals surface area contributed by atoms with Gasteiger partial charge in [0.05, 0.1) is 11.7 Å². The van der Waals surface area contributed by atoms with Gasteiger partial charge in [-0.1, -0.05) is 39.0 Å². The number of nitrogens with two attached hydrogens (primary N) is 1. The monoisotopic (exact) mass is 363 g/mol. The fourth-order valence-electron chi connectivity index (χ4n) is 2.11. The van der Waals surface area contributed by atoms with E-state index in [-0.39, 0.29) is 11.8 Å². The summed E-state index contributed by atoms with van der Waals surface area (Å²) in [4.78, 5) is 36.5. The van der Waals surface area contributed by atoms with Gasteiger partial charge in [-0.15, -0.1) is 0 Å². The molecule has 0 fully saturated rings. The van der Waals surface area contributed by atoms with Crippen LogP contribution < -0.4 is 27.2 Å². The average molecular weight is 363 g/mol. The summed E-state index contributed by atoms with van der Waals surface area (Å²) >= 11 is 0. The molecule has 0 aliphatic heterocycles. The Morgan fingerprint density at radius 2 is 1.58 bits per heavy atom. The second kappa shape index (κ2) is 10.4. The van der Waals surface area contributed by atoms with Crippen molar-refractivity contribution in [3.63, 3.8) is 0 Å². The molecule has 0 aliphatic carbocycles. The van der Waals surface area contributed by atoms with E-state index >= 15 is 0 Å². The number of hydrazine groups is 1. The Kier molecular flexibility index (Phi) is 8.57. The molecule has 1 rings (SSSR count). The maximum atomic E-state index is 12.5. The van der Waals surface area contributed by atoms with Gasteiger partial charge in [-0.05, 0) is 31.4 Å². The topological polar surface area (TPSA) is 125 Å². The first-order valence-electron chi connectivity index (χ1n) is 8.73. The number of rotatable bonds is 9. The highest BCUT2D eigenvalue weighted by Gasteiger charge is 2.28. The van der Waals surface area contributed by atoms with Gasteiger partial charge in [0, 0.05) is 0 Å². The van der Waals surface area contributed by atoms with Gasteiger partial charge in [-0.3, -0.25) is 25.2 Å². The second-order valence-corrected chi connectivity index (χ2v) is 6.46. The van der Waals surface area contributed by atoms with E-state index in [1.54, 1.807) is 26.0 Å². The van der Waals surface area contributed by atoms with Crippen molar-refractivity contribution in [1.29, 1.82) is 0 Å². The van der Waals surface area contributed by atoms with Crippen LogP contribution in [-0.2, 0) is 14.4 Å². The van der Waals surface area contributed by atoms with E-state index in [1.807, 2.05) is 32.0 Å². The van der Waals surface area contributed by atoms with Gasteiger partial charge in [0.1, 0.15) is 12.1 Å². The van der Waals surface area contributed by atoms with Gasteiger partial charge in [0.25, 0.3) is 5.91 Å². The van der Waals surface area contributed by atoms with Crippen LogP contribution in [-0.4, -0.2) is 35.8 Å². The van der Waals surface area contributed by atoms with Crippen molar-refractivity contribution in [2.75, 3.05) is 5.43 Å². The summed E-state index contributed by atoms with van der Waals surface area (Å²) in [7, 11) is 0. The standard InChI is InChI=1S/C18H29N5O3/c1-5-14(19)17(25)21-15(11(2)3)18(26)20-12(4)16(24)23-22-13-9-7-6-8-10-13/h6-12,14-15,22H,5,19H2,1-4H3,(H,20,26)(H,21,25)(H,23,24)/t12-,14-,15-/m0/s1. The van der Waals surface area contributed by atoms with E-state index in [9.17, 15) is 14.4 Å². The van der Waals surface area contributed by atoms with Crippen LogP contribution in [0.2, 0.25) is 0 Å². The minimum atomic E-state index is -0.781. The Morgan fingerprint density at radius 1 is 0.962 bits per heavy atom. The number of carbonyl (C=O) groups is 3. The zero-order chi connectivity index (χ0) is 19.7. The molecule has 144 valence electrons.